The SMILES string of the molecule is COc1ccccc1-c1nnc(SCCC(F)(F)F)n1-c1ccccc1. The predicted molar refractivity (Wildman–Crippen MR) is 94.7 cm³/mol. The van der Waals surface area contributed by atoms with Crippen LogP contribution >= 0.6 is 11.8 Å². The van der Waals surface area contributed by atoms with E-state index in [1.807, 2.05) is 48.5 Å². The summed E-state index contributed by atoms with van der Waals surface area (Å²) in [4.78, 5) is 0. The second kappa shape index (κ2) is 7.82. The highest BCUT2D eigenvalue weighted by atomic mass is 32.2. The van der Waals surface area contributed by atoms with E-state index in [1.165, 1.54) is 0 Å². The van der Waals surface area contributed by atoms with Crippen LogP contribution in [0.4, 0.5) is 13.2 Å². The maximum absolute atomic E-state index is 12.5. The molecule has 0 fully saturated rings. The Hall–Kier alpha value is -2.48. The zero-order chi connectivity index (χ0) is 18.6. The Balaban J connectivity index is 2.03. The summed E-state index contributed by atoms with van der Waals surface area (Å²) in [6, 6.07) is 16.6. The predicted octanol–water partition coefficient (Wildman–Crippen LogP) is 4.99. The van der Waals surface area contributed by atoms with E-state index in [1.54, 1.807) is 17.7 Å². The monoisotopic (exact) mass is 379 g/mol. The first-order valence-corrected chi connectivity index (χ1v) is 8.82. The lowest BCUT2D eigenvalue weighted by molar-refractivity contribution is -0.129. The Labute approximate surface area is 153 Å². The number of alkyl halides is 3. The van der Waals surface area contributed by atoms with Gasteiger partial charge >= 0.3 is 6.18 Å². The van der Waals surface area contributed by atoms with Crippen molar-refractivity contribution in [3.05, 3.63) is 54.6 Å². The van der Waals surface area contributed by atoms with Gasteiger partial charge in [0, 0.05) is 11.4 Å². The summed E-state index contributed by atoms with van der Waals surface area (Å²) in [6.07, 6.45) is -5.08. The summed E-state index contributed by atoms with van der Waals surface area (Å²) >= 11 is 1.03. The molecule has 0 bridgehead atoms. The molecule has 0 aliphatic heterocycles. The second-order valence-electron chi connectivity index (χ2n) is 5.39. The van der Waals surface area contributed by atoms with Gasteiger partial charge in [-0.15, -0.1) is 10.2 Å². The maximum Gasteiger partial charge on any atom is 0.389 e. The van der Waals surface area contributed by atoms with E-state index in [0.29, 0.717) is 22.3 Å². The Bertz CT molecular complexity index is 866. The number of halogens is 3. The van der Waals surface area contributed by atoms with E-state index in [0.717, 1.165) is 17.4 Å². The van der Waals surface area contributed by atoms with Gasteiger partial charge in [0.1, 0.15) is 5.75 Å². The molecular formula is C18H16F3N3OS. The molecular weight excluding hydrogens is 363 g/mol. The lowest BCUT2D eigenvalue weighted by atomic mass is 10.2. The molecule has 0 saturated heterocycles. The molecule has 0 unspecified atom stereocenters. The van der Waals surface area contributed by atoms with Gasteiger partial charge in [0.2, 0.25) is 0 Å². The molecule has 0 atom stereocenters. The van der Waals surface area contributed by atoms with Gasteiger partial charge in [0.25, 0.3) is 0 Å². The topological polar surface area (TPSA) is 39.9 Å². The first-order valence-electron chi connectivity index (χ1n) is 7.83. The third-order valence-corrected chi connectivity index (χ3v) is 4.54. The van der Waals surface area contributed by atoms with Gasteiger partial charge in [0.15, 0.2) is 11.0 Å². The standard InChI is InChI=1S/C18H16F3N3OS/c1-25-15-10-6-5-9-14(15)16-22-23-17(26-12-11-18(19,20)21)24(16)13-7-3-2-4-8-13/h2-10H,11-12H2,1H3. The van der Waals surface area contributed by atoms with E-state index >= 15 is 0 Å². The van der Waals surface area contributed by atoms with Gasteiger partial charge in [0.05, 0.1) is 19.1 Å². The average Bonchev–Trinajstić information content (AvgIpc) is 3.05. The van der Waals surface area contributed by atoms with Crippen LogP contribution in [0.5, 0.6) is 5.75 Å². The number of nitrogens with zero attached hydrogens (tertiary/aromatic N) is 3. The Morgan fingerprint density at radius 2 is 1.69 bits per heavy atom. The van der Waals surface area contributed by atoms with Crippen molar-refractivity contribution in [2.75, 3.05) is 12.9 Å². The minimum atomic E-state index is -4.20. The van der Waals surface area contributed by atoms with E-state index in [2.05, 4.69) is 10.2 Å². The number of hydrogen-bond acceptors (Lipinski definition) is 4. The Kier molecular flexibility index (Phi) is 5.51. The largest absolute Gasteiger partial charge is 0.496 e. The highest BCUT2D eigenvalue weighted by Gasteiger charge is 2.27. The number of aromatic nitrogens is 3. The molecule has 136 valence electrons. The second-order valence-corrected chi connectivity index (χ2v) is 6.45. The number of hydrogen-bond donors (Lipinski definition) is 0. The normalized spacial score (nSPS) is 11.5. The van der Waals surface area contributed by atoms with Gasteiger partial charge in [-0.05, 0) is 24.3 Å². The van der Waals surface area contributed by atoms with Crippen molar-refractivity contribution in [2.24, 2.45) is 0 Å². The minimum Gasteiger partial charge on any atom is -0.496 e. The summed E-state index contributed by atoms with van der Waals surface area (Å²) in [5.41, 5.74) is 1.49. The number of benzene rings is 2. The molecule has 2 aromatic carbocycles. The molecule has 0 spiro atoms. The molecule has 0 N–H and O–H groups in total. The van der Waals surface area contributed by atoms with Crippen LogP contribution in [0.3, 0.4) is 0 Å². The first-order chi connectivity index (χ1) is 12.5. The van der Waals surface area contributed by atoms with Crippen molar-refractivity contribution in [1.82, 2.24) is 14.8 Å². The van der Waals surface area contributed by atoms with Crippen LogP contribution in [0.1, 0.15) is 6.42 Å². The Morgan fingerprint density at radius 3 is 2.38 bits per heavy atom. The van der Waals surface area contributed by atoms with Crippen molar-refractivity contribution >= 4 is 11.8 Å². The Morgan fingerprint density at radius 1 is 1.00 bits per heavy atom. The fourth-order valence-electron chi connectivity index (χ4n) is 2.44. The van der Waals surface area contributed by atoms with Gasteiger partial charge < -0.3 is 4.74 Å². The molecule has 0 saturated carbocycles. The van der Waals surface area contributed by atoms with Gasteiger partial charge in [-0.3, -0.25) is 4.57 Å². The summed E-state index contributed by atoms with van der Waals surface area (Å²) in [7, 11) is 1.56. The molecule has 0 amide bonds. The maximum atomic E-state index is 12.5. The van der Waals surface area contributed by atoms with Crippen LogP contribution in [-0.4, -0.2) is 33.8 Å². The summed E-state index contributed by atoms with van der Waals surface area (Å²) in [5, 5.41) is 8.74. The highest BCUT2D eigenvalue weighted by molar-refractivity contribution is 7.99. The summed E-state index contributed by atoms with van der Waals surface area (Å²) < 4.78 is 44.6. The van der Waals surface area contributed by atoms with Crippen molar-refractivity contribution in [3.8, 4) is 22.8 Å². The number of rotatable bonds is 6. The van der Waals surface area contributed by atoms with E-state index < -0.39 is 12.6 Å². The third-order valence-electron chi connectivity index (χ3n) is 3.61. The van der Waals surface area contributed by atoms with Crippen molar-refractivity contribution in [2.45, 2.75) is 17.8 Å². The number of ether oxygens (including phenoxy) is 1. The van der Waals surface area contributed by atoms with Gasteiger partial charge in [-0.1, -0.05) is 42.1 Å². The van der Waals surface area contributed by atoms with Crippen LogP contribution in [0.2, 0.25) is 0 Å². The van der Waals surface area contributed by atoms with Crippen molar-refractivity contribution in [3.63, 3.8) is 0 Å². The van der Waals surface area contributed by atoms with Crippen molar-refractivity contribution < 1.29 is 17.9 Å². The van der Waals surface area contributed by atoms with E-state index in [9.17, 15) is 13.2 Å². The number of para-hydroxylation sites is 2. The zero-order valence-corrected chi connectivity index (χ0v) is 14.7. The third kappa shape index (κ3) is 4.19. The minimum absolute atomic E-state index is 0.125. The quantitative estimate of drug-likeness (QED) is 0.566. The smallest absolute Gasteiger partial charge is 0.389 e. The molecule has 1 aromatic heterocycles. The fraction of sp³-hybridized carbons (Fsp3) is 0.222. The van der Waals surface area contributed by atoms with Crippen molar-refractivity contribution in [1.29, 1.82) is 0 Å². The van der Waals surface area contributed by atoms with E-state index in [-0.39, 0.29) is 5.75 Å². The lowest BCUT2D eigenvalue weighted by Crippen LogP contribution is -2.08. The molecule has 0 aliphatic rings. The molecule has 8 heteroatoms. The first kappa shape index (κ1) is 18.3. The van der Waals surface area contributed by atoms with Crippen LogP contribution < -0.4 is 4.74 Å². The van der Waals surface area contributed by atoms with Crippen LogP contribution in [0.25, 0.3) is 17.1 Å². The lowest BCUT2D eigenvalue weighted by Gasteiger charge is -2.12. The molecule has 26 heavy (non-hydrogen) atoms. The molecule has 3 aromatic rings. The molecule has 4 nitrogen and oxygen atoms in total. The van der Waals surface area contributed by atoms with E-state index in [4.69, 9.17) is 4.74 Å². The van der Waals surface area contributed by atoms with Gasteiger partial charge in [-0.25, -0.2) is 0 Å². The molecule has 1 heterocycles. The summed E-state index contributed by atoms with van der Waals surface area (Å²) in [6.45, 7) is 0. The van der Waals surface area contributed by atoms with Crippen LogP contribution in [0, 0.1) is 0 Å². The van der Waals surface area contributed by atoms with Crippen LogP contribution in [-0.2, 0) is 0 Å². The molecule has 0 aliphatic carbocycles. The van der Waals surface area contributed by atoms with Gasteiger partial charge in [-0.2, -0.15) is 13.2 Å². The average molecular weight is 379 g/mol. The fourth-order valence-corrected chi connectivity index (χ4v) is 3.37. The zero-order valence-electron chi connectivity index (χ0n) is 13.9. The van der Waals surface area contributed by atoms with Crippen LogP contribution in [0.15, 0.2) is 59.8 Å². The summed E-state index contributed by atoms with van der Waals surface area (Å²) in [5.74, 6) is 1.01. The highest BCUT2D eigenvalue weighted by Crippen LogP contribution is 2.34. The molecule has 0 radical (unpaired) electrons. The number of methoxy groups -OCH3 is 1. The number of thioether (sulfide) groups is 1. The molecule has 3 rings (SSSR count).